The van der Waals surface area contributed by atoms with Gasteiger partial charge in [-0.15, -0.1) is 11.8 Å². The molecule has 0 atom stereocenters. The molecule has 5 nitrogen and oxygen atoms in total. The molecule has 2 aliphatic heterocycles. The van der Waals surface area contributed by atoms with Crippen LogP contribution in [0.2, 0.25) is 0 Å². The Morgan fingerprint density at radius 2 is 1.73 bits per heavy atom. The molecule has 2 fully saturated rings. The third kappa shape index (κ3) is 4.06. The van der Waals surface area contributed by atoms with Crippen molar-refractivity contribution in [2.75, 3.05) is 32.5 Å². The SMILES string of the molecule is COc1ccc(CC(=O)N2CCC3(CC2)SCCN3C(=O)c2ccccc2C)cc1. The summed E-state index contributed by atoms with van der Waals surface area (Å²) in [5.41, 5.74) is 2.80. The van der Waals surface area contributed by atoms with Crippen LogP contribution in [0.5, 0.6) is 5.75 Å². The summed E-state index contributed by atoms with van der Waals surface area (Å²) >= 11 is 1.88. The smallest absolute Gasteiger partial charge is 0.255 e. The number of ether oxygens (including phenoxy) is 1. The molecule has 30 heavy (non-hydrogen) atoms. The first-order valence-corrected chi connectivity index (χ1v) is 11.4. The lowest BCUT2D eigenvalue weighted by Gasteiger charge is -2.44. The number of carbonyl (C=O) groups is 2. The monoisotopic (exact) mass is 424 g/mol. The molecular formula is C24H28N2O3S. The van der Waals surface area contributed by atoms with Gasteiger partial charge in [0, 0.05) is 31.0 Å². The van der Waals surface area contributed by atoms with E-state index in [9.17, 15) is 9.59 Å². The van der Waals surface area contributed by atoms with E-state index in [1.165, 1.54) is 0 Å². The van der Waals surface area contributed by atoms with E-state index in [-0.39, 0.29) is 16.7 Å². The number of piperidine rings is 1. The maximum atomic E-state index is 13.3. The van der Waals surface area contributed by atoms with E-state index in [4.69, 9.17) is 4.74 Å². The third-order valence-corrected chi connectivity index (χ3v) is 7.76. The van der Waals surface area contributed by atoms with E-state index in [1.54, 1.807) is 7.11 Å². The second-order valence-electron chi connectivity index (χ2n) is 7.97. The number of nitrogens with zero attached hydrogens (tertiary/aromatic N) is 2. The molecule has 2 aromatic rings. The molecule has 0 radical (unpaired) electrons. The Labute approximate surface area is 182 Å². The van der Waals surface area contributed by atoms with E-state index in [0.717, 1.165) is 47.6 Å². The Hall–Kier alpha value is -2.47. The van der Waals surface area contributed by atoms with Gasteiger partial charge in [0.25, 0.3) is 5.91 Å². The minimum atomic E-state index is -0.184. The van der Waals surface area contributed by atoms with Gasteiger partial charge in [0.15, 0.2) is 0 Å². The highest BCUT2D eigenvalue weighted by Gasteiger charge is 2.47. The highest BCUT2D eigenvalue weighted by atomic mass is 32.2. The minimum absolute atomic E-state index is 0.121. The number of likely N-dealkylation sites (tertiary alicyclic amines) is 1. The molecule has 2 saturated heterocycles. The Balaban J connectivity index is 1.40. The fourth-order valence-corrected chi connectivity index (χ4v) is 5.86. The van der Waals surface area contributed by atoms with Crippen molar-refractivity contribution in [2.45, 2.75) is 31.1 Å². The normalized spacial score (nSPS) is 17.9. The van der Waals surface area contributed by atoms with Gasteiger partial charge < -0.3 is 14.5 Å². The first-order valence-electron chi connectivity index (χ1n) is 10.4. The lowest BCUT2D eigenvalue weighted by Crippen LogP contribution is -2.53. The number of benzene rings is 2. The highest BCUT2D eigenvalue weighted by Crippen LogP contribution is 2.44. The van der Waals surface area contributed by atoms with E-state index < -0.39 is 0 Å². The lowest BCUT2D eigenvalue weighted by molar-refractivity contribution is -0.132. The van der Waals surface area contributed by atoms with Crippen LogP contribution in [-0.2, 0) is 11.2 Å². The van der Waals surface area contributed by atoms with Crippen LogP contribution in [0.1, 0.15) is 34.3 Å². The molecule has 0 N–H and O–H groups in total. The molecule has 2 aromatic carbocycles. The number of aryl methyl sites for hydroxylation is 1. The Morgan fingerprint density at radius 1 is 1.03 bits per heavy atom. The van der Waals surface area contributed by atoms with Gasteiger partial charge >= 0.3 is 0 Å². The summed E-state index contributed by atoms with van der Waals surface area (Å²) in [7, 11) is 1.64. The van der Waals surface area contributed by atoms with Crippen molar-refractivity contribution in [2.24, 2.45) is 0 Å². The van der Waals surface area contributed by atoms with Crippen LogP contribution in [0.25, 0.3) is 0 Å². The number of carbonyl (C=O) groups excluding carboxylic acids is 2. The Morgan fingerprint density at radius 3 is 2.40 bits per heavy atom. The number of rotatable bonds is 4. The van der Waals surface area contributed by atoms with Gasteiger partial charge in [-0.25, -0.2) is 0 Å². The molecular weight excluding hydrogens is 396 g/mol. The van der Waals surface area contributed by atoms with Crippen LogP contribution in [-0.4, -0.2) is 59.0 Å². The molecule has 0 aromatic heterocycles. The molecule has 2 aliphatic rings. The molecule has 6 heteroatoms. The van der Waals surface area contributed by atoms with E-state index in [0.29, 0.717) is 19.5 Å². The molecule has 0 unspecified atom stereocenters. The largest absolute Gasteiger partial charge is 0.497 e. The Kier molecular flexibility index (Phi) is 6.04. The molecule has 1 spiro atoms. The number of methoxy groups -OCH3 is 1. The molecule has 4 rings (SSSR count). The zero-order chi connectivity index (χ0) is 21.1. The predicted molar refractivity (Wildman–Crippen MR) is 120 cm³/mol. The average Bonchev–Trinajstić information content (AvgIpc) is 3.17. The minimum Gasteiger partial charge on any atom is -0.497 e. The number of hydrogen-bond donors (Lipinski definition) is 0. The van der Waals surface area contributed by atoms with Crippen molar-refractivity contribution in [1.29, 1.82) is 0 Å². The van der Waals surface area contributed by atoms with Crippen LogP contribution in [0, 0.1) is 6.92 Å². The quantitative estimate of drug-likeness (QED) is 0.750. The van der Waals surface area contributed by atoms with Gasteiger partial charge in [0.1, 0.15) is 5.75 Å². The Bertz CT molecular complexity index is 920. The zero-order valence-electron chi connectivity index (χ0n) is 17.6. The van der Waals surface area contributed by atoms with Crippen molar-refractivity contribution < 1.29 is 14.3 Å². The van der Waals surface area contributed by atoms with Crippen LogP contribution >= 0.6 is 11.8 Å². The molecule has 2 amide bonds. The average molecular weight is 425 g/mol. The number of hydrogen-bond acceptors (Lipinski definition) is 4. The summed E-state index contributed by atoms with van der Waals surface area (Å²) in [5.74, 6) is 2.02. The molecule has 2 heterocycles. The van der Waals surface area contributed by atoms with Crippen molar-refractivity contribution in [3.63, 3.8) is 0 Å². The summed E-state index contributed by atoms with van der Waals surface area (Å²) in [6.45, 7) is 4.15. The second-order valence-corrected chi connectivity index (χ2v) is 9.43. The van der Waals surface area contributed by atoms with Gasteiger partial charge in [-0.3, -0.25) is 9.59 Å². The van der Waals surface area contributed by atoms with Gasteiger partial charge in [-0.05, 0) is 49.1 Å². The van der Waals surface area contributed by atoms with Gasteiger partial charge in [0.05, 0.1) is 18.4 Å². The van der Waals surface area contributed by atoms with E-state index in [1.807, 2.05) is 72.1 Å². The van der Waals surface area contributed by atoms with Crippen LogP contribution in [0.3, 0.4) is 0 Å². The summed E-state index contributed by atoms with van der Waals surface area (Å²) in [6, 6.07) is 15.5. The molecule has 0 saturated carbocycles. The van der Waals surface area contributed by atoms with Gasteiger partial charge in [-0.1, -0.05) is 30.3 Å². The standard InChI is InChI=1S/C24H28N2O3S/c1-18-5-3-4-6-21(18)23(28)26-15-16-30-24(26)11-13-25(14-12-24)22(27)17-19-7-9-20(29-2)10-8-19/h3-10H,11-17H2,1-2H3. The van der Waals surface area contributed by atoms with Crippen LogP contribution in [0.4, 0.5) is 0 Å². The van der Waals surface area contributed by atoms with Crippen molar-refractivity contribution in [3.8, 4) is 5.75 Å². The summed E-state index contributed by atoms with van der Waals surface area (Å²) < 4.78 is 5.18. The van der Waals surface area contributed by atoms with Crippen molar-refractivity contribution in [3.05, 3.63) is 65.2 Å². The van der Waals surface area contributed by atoms with Gasteiger partial charge in [-0.2, -0.15) is 0 Å². The van der Waals surface area contributed by atoms with E-state index >= 15 is 0 Å². The predicted octanol–water partition coefficient (Wildman–Crippen LogP) is 3.75. The number of thioether (sulfide) groups is 1. The van der Waals surface area contributed by atoms with Crippen LogP contribution < -0.4 is 4.74 Å². The van der Waals surface area contributed by atoms with Gasteiger partial charge in [0.2, 0.25) is 5.91 Å². The third-order valence-electron chi connectivity index (χ3n) is 6.21. The van der Waals surface area contributed by atoms with Crippen molar-refractivity contribution >= 4 is 23.6 Å². The van der Waals surface area contributed by atoms with E-state index in [2.05, 4.69) is 4.90 Å². The maximum Gasteiger partial charge on any atom is 0.255 e. The first kappa shape index (κ1) is 20.8. The maximum absolute atomic E-state index is 13.3. The molecule has 0 aliphatic carbocycles. The van der Waals surface area contributed by atoms with Crippen LogP contribution in [0.15, 0.2) is 48.5 Å². The molecule has 158 valence electrons. The summed E-state index contributed by atoms with van der Waals surface area (Å²) in [6.07, 6.45) is 2.04. The lowest BCUT2D eigenvalue weighted by atomic mass is 9.99. The zero-order valence-corrected chi connectivity index (χ0v) is 18.4. The summed E-state index contributed by atoms with van der Waals surface area (Å²) in [5, 5.41) is 0. The number of amides is 2. The van der Waals surface area contributed by atoms with Crippen molar-refractivity contribution in [1.82, 2.24) is 9.80 Å². The highest BCUT2D eigenvalue weighted by molar-refractivity contribution is 8.00. The fraction of sp³-hybridized carbons (Fsp3) is 0.417. The molecule has 0 bridgehead atoms. The fourth-order valence-electron chi connectivity index (χ4n) is 4.40. The second kappa shape index (κ2) is 8.72. The topological polar surface area (TPSA) is 49.9 Å². The summed E-state index contributed by atoms with van der Waals surface area (Å²) in [4.78, 5) is 29.9. The first-order chi connectivity index (χ1) is 14.5.